The average molecular weight is 242 g/mol. The number of piperidine rings is 1. The van der Waals surface area contributed by atoms with Gasteiger partial charge < -0.3 is 15.4 Å². The Balaban J connectivity index is 2.21. The third-order valence-electron chi connectivity index (χ3n) is 3.33. The minimum atomic E-state index is 0.284. The molecule has 1 heterocycles. The van der Waals surface area contributed by atoms with Gasteiger partial charge in [0.1, 0.15) is 0 Å². The summed E-state index contributed by atoms with van der Waals surface area (Å²) in [7, 11) is 0. The molecule has 1 rings (SSSR count). The van der Waals surface area contributed by atoms with Crippen LogP contribution in [0.4, 0.5) is 0 Å². The molecule has 4 nitrogen and oxygen atoms in total. The quantitative estimate of drug-likeness (QED) is 0.686. The molecule has 0 aromatic heterocycles. The van der Waals surface area contributed by atoms with Gasteiger partial charge in [-0.25, -0.2) is 0 Å². The molecule has 17 heavy (non-hydrogen) atoms. The summed E-state index contributed by atoms with van der Waals surface area (Å²) >= 11 is 0. The van der Waals surface area contributed by atoms with Gasteiger partial charge in [-0.15, -0.1) is 0 Å². The number of carbonyl (C=O) groups excluding carboxylic acids is 1. The third-order valence-corrected chi connectivity index (χ3v) is 3.33. The number of nitrogens with two attached hydrogens (primary N) is 1. The highest BCUT2D eigenvalue weighted by atomic mass is 16.5. The number of hydrogen-bond acceptors (Lipinski definition) is 3. The molecule has 0 spiro atoms. The first-order chi connectivity index (χ1) is 8.27. The fourth-order valence-electron chi connectivity index (χ4n) is 2.39. The van der Waals surface area contributed by atoms with E-state index in [9.17, 15) is 4.79 Å². The van der Waals surface area contributed by atoms with E-state index in [2.05, 4.69) is 0 Å². The first-order valence-electron chi connectivity index (χ1n) is 6.83. The van der Waals surface area contributed by atoms with Gasteiger partial charge in [-0.05, 0) is 45.1 Å². The fourth-order valence-corrected chi connectivity index (χ4v) is 2.39. The standard InChI is InChI=1S/C13H26N2O2/c1-2-17-10-4-6-13(16)15-9-3-5-12(11-15)7-8-14/h12H,2-11,14H2,1H3. The van der Waals surface area contributed by atoms with Crippen molar-refractivity contribution in [2.45, 2.75) is 39.0 Å². The van der Waals surface area contributed by atoms with Crippen molar-refractivity contribution >= 4 is 5.91 Å². The van der Waals surface area contributed by atoms with Crippen LogP contribution in [0.1, 0.15) is 39.0 Å². The van der Waals surface area contributed by atoms with Crippen LogP contribution in [0, 0.1) is 5.92 Å². The van der Waals surface area contributed by atoms with Crippen LogP contribution in [0.15, 0.2) is 0 Å². The molecule has 0 aromatic carbocycles. The van der Waals surface area contributed by atoms with Crippen LogP contribution in [0.3, 0.4) is 0 Å². The number of amides is 1. The molecule has 2 N–H and O–H groups in total. The van der Waals surface area contributed by atoms with Crippen molar-refractivity contribution in [1.29, 1.82) is 0 Å². The van der Waals surface area contributed by atoms with Crippen molar-refractivity contribution < 1.29 is 9.53 Å². The maximum atomic E-state index is 12.0. The van der Waals surface area contributed by atoms with E-state index in [-0.39, 0.29) is 5.91 Å². The maximum absolute atomic E-state index is 12.0. The summed E-state index contributed by atoms with van der Waals surface area (Å²) in [5, 5.41) is 0. The summed E-state index contributed by atoms with van der Waals surface area (Å²) in [6, 6.07) is 0. The van der Waals surface area contributed by atoms with Crippen molar-refractivity contribution in [3.05, 3.63) is 0 Å². The Hall–Kier alpha value is -0.610. The lowest BCUT2D eigenvalue weighted by atomic mass is 9.94. The van der Waals surface area contributed by atoms with E-state index in [0.717, 1.165) is 45.5 Å². The van der Waals surface area contributed by atoms with Crippen molar-refractivity contribution in [2.75, 3.05) is 32.8 Å². The number of likely N-dealkylation sites (tertiary alicyclic amines) is 1. The highest BCUT2D eigenvalue weighted by molar-refractivity contribution is 5.76. The van der Waals surface area contributed by atoms with Crippen molar-refractivity contribution in [1.82, 2.24) is 4.90 Å². The van der Waals surface area contributed by atoms with Crippen LogP contribution >= 0.6 is 0 Å². The SMILES string of the molecule is CCOCCCC(=O)N1CCCC(CCN)C1. The number of rotatable bonds is 7. The fraction of sp³-hybridized carbons (Fsp3) is 0.923. The maximum Gasteiger partial charge on any atom is 0.222 e. The van der Waals surface area contributed by atoms with E-state index in [0.29, 0.717) is 18.9 Å². The predicted octanol–water partition coefficient (Wildman–Crippen LogP) is 1.39. The van der Waals surface area contributed by atoms with Crippen molar-refractivity contribution in [3.8, 4) is 0 Å². The molecule has 1 unspecified atom stereocenters. The van der Waals surface area contributed by atoms with E-state index in [1.54, 1.807) is 0 Å². The lowest BCUT2D eigenvalue weighted by molar-refractivity contribution is -0.133. The van der Waals surface area contributed by atoms with Gasteiger partial charge in [-0.3, -0.25) is 4.79 Å². The Morgan fingerprint density at radius 1 is 1.53 bits per heavy atom. The molecule has 1 atom stereocenters. The summed E-state index contributed by atoms with van der Waals surface area (Å²) in [6.45, 7) is 5.97. The summed E-state index contributed by atoms with van der Waals surface area (Å²) in [4.78, 5) is 14.0. The largest absolute Gasteiger partial charge is 0.382 e. The van der Waals surface area contributed by atoms with Gasteiger partial charge >= 0.3 is 0 Å². The second-order valence-electron chi connectivity index (χ2n) is 4.73. The molecule has 1 aliphatic heterocycles. The van der Waals surface area contributed by atoms with Crippen molar-refractivity contribution in [3.63, 3.8) is 0 Å². The molecule has 1 amide bonds. The summed E-state index contributed by atoms with van der Waals surface area (Å²) < 4.78 is 5.24. The summed E-state index contributed by atoms with van der Waals surface area (Å²) in [6.07, 6.45) is 4.85. The zero-order valence-corrected chi connectivity index (χ0v) is 11.0. The number of hydrogen-bond donors (Lipinski definition) is 1. The van der Waals surface area contributed by atoms with Gasteiger partial charge in [-0.1, -0.05) is 0 Å². The number of carbonyl (C=O) groups is 1. The van der Waals surface area contributed by atoms with Gasteiger partial charge in [0.05, 0.1) is 0 Å². The third kappa shape index (κ3) is 5.50. The Labute approximate surface area is 104 Å². The van der Waals surface area contributed by atoms with Crippen LogP contribution in [0.5, 0.6) is 0 Å². The van der Waals surface area contributed by atoms with Crippen LogP contribution in [-0.4, -0.2) is 43.7 Å². The van der Waals surface area contributed by atoms with Gasteiger partial charge in [0.15, 0.2) is 0 Å². The Bertz CT molecular complexity index is 219. The molecule has 1 fully saturated rings. The van der Waals surface area contributed by atoms with Gasteiger partial charge in [0.25, 0.3) is 0 Å². The topological polar surface area (TPSA) is 55.6 Å². The highest BCUT2D eigenvalue weighted by Gasteiger charge is 2.22. The zero-order valence-electron chi connectivity index (χ0n) is 11.0. The molecule has 0 aromatic rings. The molecule has 0 bridgehead atoms. The monoisotopic (exact) mass is 242 g/mol. The lowest BCUT2D eigenvalue weighted by Crippen LogP contribution is -2.40. The first-order valence-corrected chi connectivity index (χ1v) is 6.83. The van der Waals surface area contributed by atoms with Crippen LogP contribution < -0.4 is 5.73 Å². The van der Waals surface area contributed by atoms with Crippen LogP contribution in [0.2, 0.25) is 0 Å². The average Bonchev–Trinajstić information content (AvgIpc) is 2.35. The molecule has 0 aliphatic carbocycles. The smallest absolute Gasteiger partial charge is 0.222 e. The lowest BCUT2D eigenvalue weighted by Gasteiger charge is -2.32. The van der Waals surface area contributed by atoms with Crippen LogP contribution in [0.25, 0.3) is 0 Å². The van der Waals surface area contributed by atoms with E-state index in [4.69, 9.17) is 10.5 Å². The molecule has 0 saturated carbocycles. The van der Waals surface area contributed by atoms with Gasteiger partial charge in [0.2, 0.25) is 5.91 Å². The van der Waals surface area contributed by atoms with Gasteiger partial charge in [0, 0.05) is 32.7 Å². The first kappa shape index (κ1) is 14.5. The van der Waals surface area contributed by atoms with E-state index in [1.807, 2.05) is 11.8 Å². The van der Waals surface area contributed by atoms with E-state index in [1.165, 1.54) is 6.42 Å². The predicted molar refractivity (Wildman–Crippen MR) is 68.7 cm³/mol. The van der Waals surface area contributed by atoms with Crippen LogP contribution in [-0.2, 0) is 9.53 Å². The minimum Gasteiger partial charge on any atom is -0.382 e. The number of ether oxygens (including phenoxy) is 1. The molecule has 1 saturated heterocycles. The second-order valence-corrected chi connectivity index (χ2v) is 4.73. The van der Waals surface area contributed by atoms with E-state index >= 15 is 0 Å². The summed E-state index contributed by atoms with van der Waals surface area (Å²) in [5.74, 6) is 0.899. The molecule has 0 radical (unpaired) electrons. The number of nitrogens with zero attached hydrogens (tertiary/aromatic N) is 1. The van der Waals surface area contributed by atoms with Crippen molar-refractivity contribution in [2.24, 2.45) is 11.7 Å². The minimum absolute atomic E-state index is 0.284. The summed E-state index contributed by atoms with van der Waals surface area (Å²) in [5.41, 5.74) is 5.57. The molecular weight excluding hydrogens is 216 g/mol. The zero-order chi connectivity index (χ0) is 12.5. The van der Waals surface area contributed by atoms with E-state index < -0.39 is 0 Å². The second kappa shape index (κ2) is 8.48. The Morgan fingerprint density at radius 3 is 3.06 bits per heavy atom. The molecule has 4 heteroatoms. The van der Waals surface area contributed by atoms with Gasteiger partial charge in [-0.2, -0.15) is 0 Å². The Morgan fingerprint density at radius 2 is 2.35 bits per heavy atom. The molecule has 100 valence electrons. The normalized spacial score (nSPS) is 20.6. The Kier molecular flexibility index (Phi) is 7.21. The molecule has 1 aliphatic rings. The highest BCUT2D eigenvalue weighted by Crippen LogP contribution is 2.19. The molecular formula is C13H26N2O2.